The van der Waals surface area contributed by atoms with Gasteiger partial charge in [-0.3, -0.25) is 0 Å². The standard InChI is InChI=1S/C37H31N3/c1-23-8-13-27(14-9-23)40(28-15-10-24(2)11-16-28)29-17-19-36-33(22-29)35-21-26(38)20-34(37(35)39-36)32-18-12-25(3)30-6-4-5-7-31(30)32/h4-22,39H,38H2,1-3H3. The summed E-state index contributed by atoms with van der Waals surface area (Å²) in [5.74, 6) is 0. The van der Waals surface area contributed by atoms with Crippen molar-refractivity contribution in [2.45, 2.75) is 20.8 Å². The van der Waals surface area contributed by atoms with Crippen LogP contribution in [0.15, 0.2) is 115 Å². The number of hydrogen-bond donors (Lipinski definition) is 2. The van der Waals surface area contributed by atoms with Gasteiger partial charge in [0.2, 0.25) is 0 Å². The summed E-state index contributed by atoms with van der Waals surface area (Å²) in [5.41, 5.74) is 18.9. The highest BCUT2D eigenvalue weighted by atomic mass is 15.1. The van der Waals surface area contributed by atoms with E-state index in [0.717, 1.165) is 50.1 Å². The van der Waals surface area contributed by atoms with Crippen molar-refractivity contribution in [3.63, 3.8) is 0 Å². The molecule has 0 unspecified atom stereocenters. The van der Waals surface area contributed by atoms with Crippen molar-refractivity contribution in [1.82, 2.24) is 4.98 Å². The number of aryl methyl sites for hydroxylation is 3. The number of benzene rings is 6. The first kappa shape index (κ1) is 24.1. The van der Waals surface area contributed by atoms with Gasteiger partial charge in [0.15, 0.2) is 0 Å². The van der Waals surface area contributed by atoms with Crippen molar-refractivity contribution >= 4 is 55.3 Å². The largest absolute Gasteiger partial charge is 0.399 e. The fourth-order valence-corrected chi connectivity index (χ4v) is 5.88. The molecular weight excluding hydrogens is 486 g/mol. The molecule has 0 atom stereocenters. The van der Waals surface area contributed by atoms with Gasteiger partial charge >= 0.3 is 0 Å². The zero-order chi connectivity index (χ0) is 27.4. The highest BCUT2D eigenvalue weighted by Crippen LogP contribution is 2.42. The first-order valence-corrected chi connectivity index (χ1v) is 13.7. The Morgan fingerprint density at radius 2 is 1.15 bits per heavy atom. The molecular formula is C37H31N3. The van der Waals surface area contributed by atoms with E-state index < -0.39 is 0 Å². The smallest absolute Gasteiger partial charge is 0.0546 e. The zero-order valence-electron chi connectivity index (χ0n) is 23.0. The lowest BCUT2D eigenvalue weighted by Crippen LogP contribution is -2.09. The topological polar surface area (TPSA) is 45.0 Å². The number of nitrogens with two attached hydrogens (primary N) is 1. The van der Waals surface area contributed by atoms with E-state index in [-0.39, 0.29) is 0 Å². The van der Waals surface area contributed by atoms with Crippen LogP contribution in [-0.4, -0.2) is 4.98 Å². The van der Waals surface area contributed by atoms with Gasteiger partial charge in [-0.2, -0.15) is 0 Å². The van der Waals surface area contributed by atoms with Gasteiger partial charge < -0.3 is 15.6 Å². The second kappa shape index (κ2) is 9.32. The summed E-state index contributed by atoms with van der Waals surface area (Å²) in [6.45, 7) is 6.41. The maximum atomic E-state index is 6.57. The van der Waals surface area contributed by atoms with Crippen LogP contribution in [0.5, 0.6) is 0 Å². The fraction of sp³-hybridized carbons (Fsp3) is 0.0811. The average molecular weight is 518 g/mol. The number of aromatic amines is 1. The third-order valence-corrected chi connectivity index (χ3v) is 7.99. The van der Waals surface area contributed by atoms with E-state index in [1.54, 1.807) is 0 Å². The van der Waals surface area contributed by atoms with Crippen molar-refractivity contribution in [2.75, 3.05) is 10.6 Å². The maximum Gasteiger partial charge on any atom is 0.0546 e. The van der Waals surface area contributed by atoms with Crippen molar-refractivity contribution in [3.05, 3.63) is 132 Å². The van der Waals surface area contributed by atoms with Crippen molar-refractivity contribution in [2.24, 2.45) is 0 Å². The lowest BCUT2D eigenvalue weighted by molar-refractivity contribution is 1.27. The minimum Gasteiger partial charge on any atom is -0.399 e. The molecule has 6 aromatic carbocycles. The summed E-state index contributed by atoms with van der Waals surface area (Å²) in [6.07, 6.45) is 0. The minimum atomic E-state index is 0.757. The summed E-state index contributed by atoms with van der Waals surface area (Å²) in [7, 11) is 0. The number of H-pyrrole nitrogens is 1. The molecule has 1 aromatic heterocycles. The van der Waals surface area contributed by atoms with E-state index in [2.05, 4.69) is 146 Å². The van der Waals surface area contributed by atoms with Gasteiger partial charge in [-0.15, -0.1) is 0 Å². The Balaban J connectivity index is 1.46. The first-order valence-electron chi connectivity index (χ1n) is 13.7. The number of fused-ring (bicyclic) bond motifs is 4. The molecule has 0 saturated carbocycles. The Hall–Kier alpha value is -5.02. The van der Waals surface area contributed by atoms with Gasteiger partial charge in [-0.1, -0.05) is 71.8 Å². The maximum absolute atomic E-state index is 6.57. The summed E-state index contributed by atoms with van der Waals surface area (Å²) >= 11 is 0. The Bertz CT molecular complexity index is 1980. The van der Waals surface area contributed by atoms with E-state index in [1.165, 1.54) is 33.0 Å². The van der Waals surface area contributed by atoms with E-state index in [9.17, 15) is 0 Å². The molecule has 7 aromatic rings. The summed E-state index contributed by atoms with van der Waals surface area (Å²) < 4.78 is 0. The van der Waals surface area contributed by atoms with Gasteiger partial charge in [0.25, 0.3) is 0 Å². The molecule has 0 saturated heterocycles. The number of nitrogens with zero attached hydrogens (tertiary/aromatic N) is 1. The second-order valence-corrected chi connectivity index (χ2v) is 10.8. The lowest BCUT2D eigenvalue weighted by atomic mass is 9.94. The van der Waals surface area contributed by atoms with Crippen molar-refractivity contribution < 1.29 is 0 Å². The highest BCUT2D eigenvalue weighted by Gasteiger charge is 2.17. The molecule has 3 heteroatoms. The van der Waals surface area contributed by atoms with E-state index >= 15 is 0 Å². The van der Waals surface area contributed by atoms with Gasteiger partial charge in [0.05, 0.1) is 5.52 Å². The minimum absolute atomic E-state index is 0.757. The van der Waals surface area contributed by atoms with Gasteiger partial charge in [-0.25, -0.2) is 0 Å². The van der Waals surface area contributed by atoms with Gasteiger partial charge in [-0.05, 0) is 97.3 Å². The van der Waals surface area contributed by atoms with Crippen molar-refractivity contribution in [3.8, 4) is 11.1 Å². The van der Waals surface area contributed by atoms with Crippen molar-refractivity contribution in [1.29, 1.82) is 0 Å². The molecule has 0 spiro atoms. The molecule has 1 heterocycles. The summed E-state index contributed by atoms with van der Waals surface area (Å²) in [5, 5.41) is 4.78. The first-order chi connectivity index (χ1) is 19.5. The molecule has 7 rings (SSSR count). The third-order valence-electron chi connectivity index (χ3n) is 7.99. The second-order valence-electron chi connectivity index (χ2n) is 10.8. The van der Waals surface area contributed by atoms with E-state index in [0.29, 0.717) is 0 Å². The van der Waals surface area contributed by atoms with Crippen LogP contribution in [0.3, 0.4) is 0 Å². The Morgan fingerprint density at radius 1 is 0.525 bits per heavy atom. The van der Waals surface area contributed by atoms with Crippen LogP contribution in [0, 0.1) is 20.8 Å². The van der Waals surface area contributed by atoms with Crippen LogP contribution in [-0.2, 0) is 0 Å². The zero-order valence-corrected chi connectivity index (χ0v) is 23.0. The Morgan fingerprint density at radius 3 is 1.82 bits per heavy atom. The predicted molar refractivity (Wildman–Crippen MR) is 172 cm³/mol. The molecule has 40 heavy (non-hydrogen) atoms. The highest BCUT2D eigenvalue weighted by molar-refractivity contribution is 6.16. The third kappa shape index (κ3) is 3.99. The molecule has 0 radical (unpaired) electrons. The molecule has 0 fully saturated rings. The molecule has 0 amide bonds. The number of nitrogens with one attached hydrogen (secondary N) is 1. The van der Waals surface area contributed by atoms with Crippen LogP contribution in [0.4, 0.5) is 22.7 Å². The van der Waals surface area contributed by atoms with E-state index in [1.807, 2.05) is 0 Å². The number of hydrogen-bond acceptors (Lipinski definition) is 2. The average Bonchev–Trinajstić information content (AvgIpc) is 3.33. The fourth-order valence-electron chi connectivity index (χ4n) is 5.88. The summed E-state index contributed by atoms with van der Waals surface area (Å²) in [6, 6.07) is 41.3. The molecule has 194 valence electrons. The number of rotatable bonds is 4. The normalized spacial score (nSPS) is 11.5. The van der Waals surface area contributed by atoms with Crippen LogP contribution < -0.4 is 10.6 Å². The van der Waals surface area contributed by atoms with Crippen LogP contribution in [0.1, 0.15) is 16.7 Å². The lowest BCUT2D eigenvalue weighted by Gasteiger charge is -2.26. The van der Waals surface area contributed by atoms with Crippen LogP contribution in [0.2, 0.25) is 0 Å². The van der Waals surface area contributed by atoms with Crippen LogP contribution in [0.25, 0.3) is 43.7 Å². The summed E-state index contributed by atoms with van der Waals surface area (Å²) in [4.78, 5) is 6.06. The predicted octanol–water partition coefficient (Wildman–Crippen LogP) is 10.1. The quantitative estimate of drug-likeness (QED) is 0.228. The molecule has 3 N–H and O–H groups in total. The Labute approximate surface area is 234 Å². The van der Waals surface area contributed by atoms with Gasteiger partial charge in [0.1, 0.15) is 0 Å². The molecule has 3 nitrogen and oxygen atoms in total. The Kier molecular flexibility index (Phi) is 5.60. The number of nitrogen functional groups attached to an aromatic ring is 1. The number of aromatic nitrogens is 1. The van der Waals surface area contributed by atoms with Crippen LogP contribution >= 0.6 is 0 Å². The molecule has 0 aliphatic rings. The molecule has 0 aliphatic heterocycles. The van der Waals surface area contributed by atoms with E-state index in [4.69, 9.17) is 5.73 Å². The monoisotopic (exact) mass is 517 g/mol. The van der Waals surface area contributed by atoms with Gasteiger partial charge in [0, 0.05) is 44.6 Å². The molecule has 0 bridgehead atoms. The SMILES string of the molecule is Cc1ccc(N(c2ccc(C)cc2)c2ccc3[nH]c4c(-c5ccc(C)c6ccccc56)cc(N)cc4c3c2)cc1. The molecule has 0 aliphatic carbocycles. The number of anilines is 4.